The minimum Gasteiger partial charge on any atom is -0.350 e. The van der Waals surface area contributed by atoms with Crippen molar-refractivity contribution in [2.75, 3.05) is 5.75 Å². The van der Waals surface area contributed by atoms with Gasteiger partial charge >= 0.3 is 0 Å². The molecule has 0 radical (unpaired) electrons. The summed E-state index contributed by atoms with van der Waals surface area (Å²) in [4.78, 5) is 29.0. The van der Waals surface area contributed by atoms with E-state index in [0.717, 1.165) is 10.5 Å². The van der Waals surface area contributed by atoms with E-state index in [4.69, 9.17) is 0 Å². The highest BCUT2D eigenvalue weighted by Crippen LogP contribution is 2.21. The Morgan fingerprint density at radius 1 is 0.967 bits per heavy atom. The number of nitrogens with one attached hydrogen (secondary N) is 1. The van der Waals surface area contributed by atoms with Gasteiger partial charge in [0.1, 0.15) is 6.04 Å². The van der Waals surface area contributed by atoms with Gasteiger partial charge in [0.2, 0.25) is 11.8 Å². The van der Waals surface area contributed by atoms with Gasteiger partial charge in [-0.15, -0.1) is 11.8 Å². The third-order valence-electron chi connectivity index (χ3n) is 4.74. The molecule has 0 saturated carbocycles. The maximum Gasteiger partial charge on any atom is 0.243 e. The number of carbonyl (C=O) groups excluding carboxylic acids is 2. The molecule has 0 aromatic heterocycles. The quantitative estimate of drug-likeness (QED) is 0.596. The summed E-state index contributed by atoms with van der Waals surface area (Å²) < 4.78 is 0. The number of hydrogen-bond donors (Lipinski definition) is 1. The Hall–Kier alpha value is -2.27. The molecule has 0 heterocycles. The molecular weight excluding hydrogens is 392 g/mol. The molecule has 0 bridgehead atoms. The summed E-state index contributed by atoms with van der Waals surface area (Å²) >= 11 is 1.51. The van der Waals surface area contributed by atoms with E-state index in [-0.39, 0.29) is 17.4 Å². The molecule has 1 atom stereocenters. The van der Waals surface area contributed by atoms with Crippen LogP contribution in [-0.4, -0.2) is 34.0 Å². The number of hydrogen-bond acceptors (Lipinski definition) is 3. The lowest BCUT2D eigenvalue weighted by atomic mass is 10.1. The van der Waals surface area contributed by atoms with E-state index in [0.29, 0.717) is 18.7 Å². The smallest absolute Gasteiger partial charge is 0.243 e. The van der Waals surface area contributed by atoms with Gasteiger partial charge in [-0.1, -0.05) is 54.4 Å². The summed E-state index contributed by atoms with van der Waals surface area (Å²) in [6, 6.07) is 15.8. The Bertz CT molecular complexity index is 839. The van der Waals surface area contributed by atoms with Crippen LogP contribution >= 0.6 is 11.8 Å². The summed E-state index contributed by atoms with van der Waals surface area (Å²) in [6.45, 7) is 12.3. The van der Waals surface area contributed by atoms with Gasteiger partial charge in [-0.2, -0.15) is 0 Å². The van der Waals surface area contributed by atoms with Crippen LogP contribution in [-0.2, 0) is 16.1 Å². The van der Waals surface area contributed by atoms with Crippen LogP contribution in [0, 0.1) is 13.8 Å². The zero-order valence-electron chi connectivity index (χ0n) is 19.0. The Morgan fingerprint density at radius 2 is 1.50 bits per heavy atom. The van der Waals surface area contributed by atoms with E-state index >= 15 is 0 Å². The first kappa shape index (κ1) is 24.0. The van der Waals surface area contributed by atoms with Crippen molar-refractivity contribution in [3.05, 3.63) is 65.2 Å². The zero-order chi connectivity index (χ0) is 22.3. The molecule has 162 valence electrons. The van der Waals surface area contributed by atoms with Crippen LogP contribution in [0.5, 0.6) is 0 Å². The van der Waals surface area contributed by atoms with Gasteiger partial charge in [-0.25, -0.2) is 0 Å². The van der Waals surface area contributed by atoms with Crippen molar-refractivity contribution >= 4 is 23.6 Å². The molecule has 0 fully saturated rings. The van der Waals surface area contributed by atoms with E-state index in [2.05, 4.69) is 5.32 Å². The standard InChI is InChI=1S/C25H34N2O2S/c1-7-22(24(29)26-25(4,5)6)27(16-20-12-8-18(2)9-13-20)23(28)17-30-21-14-10-19(3)11-15-21/h8-15,22H,7,16-17H2,1-6H3,(H,26,29). The van der Waals surface area contributed by atoms with E-state index in [9.17, 15) is 9.59 Å². The van der Waals surface area contributed by atoms with Crippen molar-refractivity contribution in [2.45, 2.75) is 71.0 Å². The number of carbonyl (C=O) groups is 2. The average molecular weight is 427 g/mol. The number of thioether (sulfide) groups is 1. The first-order valence-electron chi connectivity index (χ1n) is 10.5. The van der Waals surface area contributed by atoms with Crippen molar-refractivity contribution in [3.63, 3.8) is 0 Å². The summed E-state index contributed by atoms with van der Waals surface area (Å²) in [7, 11) is 0. The number of benzene rings is 2. The van der Waals surface area contributed by atoms with Crippen molar-refractivity contribution in [3.8, 4) is 0 Å². The van der Waals surface area contributed by atoms with E-state index < -0.39 is 6.04 Å². The van der Waals surface area contributed by atoms with E-state index in [1.165, 1.54) is 22.9 Å². The molecular formula is C25H34N2O2S. The molecule has 0 aliphatic rings. The third-order valence-corrected chi connectivity index (χ3v) is 5.74. The van der Waals surface area contributed by atoms with Gasteiger partial charge < -0.3 is 10.2 Å². The highest BCUT2D eigenvalue weighted by molar-refractivity contribution is 8.00. The molecule has 0 spiro atoms. The first-order chi connectivity index (χ1) is 14.1. The molecule has 2 aromatic rings. The number of amides is 2. The fourth-order valence-corrected chi connectivity index (χ4v) is 3.91. The molecule has 1 unspecified atom stereocenters. The van der Waals surface area contributed by atoms with Gasteiger partial charge in [0.05, 0.1) is 5.75 Å². The molecule has 5 heteroatoms. The van der Waals surface area contributed by atoms with Gasteiger partial charge in [0.25, 0.3) is 0 Å². The predicted octanol–water partition coefficient (Wildman–Crippen LogP) is 5.12. The second-order valence-electron chi connectivity index (χ2n) is 8.77. The van der Waals surface area contributed by atoms with Crippen molar-refractivity contribution in [1.82, 2.24) is 10.2 Å². The molecule has 0 aliphatic carbocycles. The monoisotopic (exact) mass is 426 g/mol. The molecule has 1 N–H and O–H groups in total. The van der Waals surface area contributed by atoms with Crippen molar-refractivity contribution < 1.29 is 9.59 Å². The minimum atomic E-state index is -0.503. The highest BCUT2D eigenvalue weighted by atomic mass is 32.2. The molecule has 2 rings (SSSR count). The van der Waals surface area contributed by atoms with Crippen LogP contribution in [0.15, 0.2) is 53.4 Å². The fraction of sp³-hybridized carbons (Fsp3) is 0.440. The summed E-state index contributed by atoms with van der Waals surface area (Å²) in [5.41, 5.74) is 3.04. The van der Waals surface area contributed by atoms with Crippen LogP contribution < -0.4 is 5.32 Å². The topological polar surface area (TPSA) is 49.4 Å². The average Bonchev–Trinajstić information content (AvgIpc) is 2.67. The maximum absolute atomic E-state index is 13.3. The summed E-state index contributed by atoms with van der Waals surface area (Å²) in [5.74, 6) is 0.164. The molecule has 2 amide bonds. The van der Waals surface area contributed by atoms with Crippen LogP contribution in [0.1, 0.15) is 50.8 Å². The number of aryl methyl sites for hydroxylation is 2. The molecule has 4 nitrogen and oxygen atoms in total. The van der Waals surface area contributed by atoms with E-state index in [1.54, 1.807) is 4.90 Å². The Kier molecular flexibility index (Phi) is 8.54. The lowest BCUT2D eigenvalue weighted by molar-refractivity contribution is -0.140. The van der Waals surface area contributed by atoms with Crippen LogP contribution in [0.3, 0.4) is 0 Å². The van der Waals surface area contributed by atoms with E-state index in [1.807, 2.05) is 90.1 Å². The lowest BCUT2D eigenvalue weighted by Gasteiger charge is -2.33. The van der Waals surface area contributed by atoms with Gasteiger partial charge in [0, 0.05) is 17.0 Å². The number of rotatable bonds is 8. The van der Waals surface area contributed by atoms with Crippen LogP contribution in [0.4, 0.5) is 0 Å². The van der Waals surface area contributed by atoms with Crippen molar-refractivity contribution in [1.29, 1.82) is 0 Å². The molecule has 30 heavy (non-hydrogen) atoms. The molecule has 0 saturated heterocycles. The van der Waals surface area contributed by atoms with Crippen LogP contribution in [0.25, 0.3) is 0 Å². The fourth-order valence-electron chi connectivity index (χ4n) is 3.13. The number of nitrogens with zero attached hydrogens (tertiary/aromatic N) is 1. The van der Waals surface area contributed by atoms with Gasteiger partial charge in [0.15, 0.2) is 0 Å². The highest BCUT2D eigenvalue weighted by Gasteiger charge is 2.30. The largest absolute Gasteiger partial charge is 0.350 e. The summed E-state index contributed by atoms with van der Waals surface area (Å²) in [6.07, 6.45) is 0.564. The van der Waals surface area contributed by atoms with Crippen molar-refractivity contribution in [2.24, 2.45) is 0 Å². The zero-order valence-corrected chi connectivity index (χ0v) is 19.8. The SMILES string of the molecule is CCC(C(=O)NC(C)(C)C)N(Cc1ccc(C)cc1)C(=O)CSc1ccc(C)cc1. The minimum absolute atomic E-state index is 0.0305. The predicted molar refractivity (Wildman–Crippen MR) is 126 cm³/mol. The van der Waals surface area contributed by atoms with Gasteiger partial charge in [-0.3, -0.25) is 9.59 Å². The molecule has 0 aliphatic heterocycles. The Balaban J connectivity index is 2.21. The van der Waals surface area contributed by atoms with Gasteiger partial charge in [-0.05, 0) is 58.7 Å². The Labute approximate surface area is 185 Å². The molecule has 2 aromatic carbocycles. The normalized spacial score (nSPS) is 12.3. The van der Waals surface area contributed by atoms with Crippen LogP contribution in [0.2, 0.25) is 0 Å². The first-order valence-corrected chi connectivity index (χ1v) is 11.4. The maximum atomic E-state index is 13.3. The third kappa shape index (κ3) is 7.52. The summed E-state index contributed by atoms with van der Waals surface area (Å²) in [5, 5.41) is 3.04. The second-order valence-corrected chi connectivity index (χ2v) is 9.82. The Morgan fingerprint density at radius 3 is 2.00 bits per heavy atom. The second kappa shape index (κ2) is 10.7. The lowest BCUT2D eigenvalue weighted by Crippen LogP contribution is -2.53.